The quantitative estimate of drug-likeness (QED) is 0.802. The number of carbonyl (C=O) groups is 1. The van der Waals surface area contributed by atoms with Crippen molar-refractivity contribution in [2.75, 3.05) is 0 Å². The highest BCUT2D eigenvalue weighted by atomic mass is 35.5. The fourth-order valence-corrected chi connectivity index (χ4v) is 2.06. The summed E-state index contributed by atoms with van der Waals surface area (Å²) in [4.78, 5) is 19.4. The standard InChI is InChI=1S/C14H10ClN3O3/c15-12-3-2-10(6-11(12)13(19)20)21-8-9-7-18-5-1-4-16-14(18)17-9/h1-7H,8H2,(H,19,20). The number of hydrogen-bond donors (Lipinski definition) is 1. The van der Waals surface area contributed by atoms with Gasteiger partial charge in [0, 0.05) is 18.6 Å². The van der Waals surface area contributed by atoms with E-state index in [-0.39, 0.29) is 17.2 Å². The van der Waals surface area contributed by atoms with E-state index in [9.17, 15) is 4.79 Å². The number of carboxylic acids is 1. The van der Waals surface area contributed by atoms with Crippen molar-refractivity contribution in [2.45, 2.75) is 6.61 Å². The van der Waals surface area contributed by atoms with Crippen LogP contribution in [0.25, 0.3) is 5.78 Å². The topological polar surface area (TPSA) is 76.7 Å². The van der Waals surface area contributed by atoms with E-state index in [1.165, 1.54) is 12.1 Å². The second kappa shape index (κ2) is 5.41. The first-order chi connectivity index (χ1) is 10.1. The third kappa shape index (κ3) is 2.80. The van der Waals surface area contributed by atoms with Crippen LogP contribution in [-0.2, 0) is 6.61 Å². The maximum atomic E-state index is 11.0. The predicted octanol–water partition coefficient (Wildman–Crippen LogP) is 2.66. The van der Waals surface area contributed by atoms with Gasteiger partial charge in [0.15, 0.2) is 0 Å². The van der Waals surface area contributed by atoms with Gasteiger partial charge in [0.1, 0.15) is 12.4 Å². The van der Waals surface area contributed by atoms with Crippen molar-refractivity contribution in [1.29, 1.82) is 0 Å². The minimum absolute atomic E-state index is 0.00540. The fraction of sp³-hybridized carbons (Fsp3) is 0.0714. The van der Waals surface area contributed by atoms with Gasteiger partial charge < -0.3 is 9.84 Å². The lowest BCUT2D eigenvalue weighted by Crippen LogP contribution is -2.00. The predicted molar refractivity (Wildman–Crippen MR) is 75.7 cm³/mol. The van der Waals surface area contributed by atoms with Crippen molar-refractivity contribution in [1.82, 2.24) is 14.4 Å². The second-order valence-corrected chi connectivity index (χ2v) is 4.70. The van der Waals surface area contributed by atoms with Gasteiger partial charge in [-0.25, -0.2) is 14.8 Å². The third-order valence-electron chi connectivity index (χ3n) is 2.84. The highest BCUT2D eigenvalue weighted by Crippen LogP contribution is 2.22. The summed E-state index contributed by atoms with van der Waals surface area (Å²) in [5.74, 6) is -0.0948. The number of fused-ring (bicyclic) bond motifs is 1. The molecule has 2 aromatic heterocycles. The maximum absolute atomic E-state index is 11.0. The molecule has 6 nitrogen and oxygen atoms in total. The van der Waals surface area contributed by atoms with Crippen molar-refractivity contribution < 1.29 is 14.6 Å². The van der Waals surface area contributed by atoms with E-state index >= 15 is 0 Å². The number of nitrogens with zero attached hydrogens (tertiary/aromatic N) is 3. The Morgan fingerprint density at radius 3 is 3.05 bits per heavy atom. The van der Waals surface area contributed by atoms with Gasteiger partial charge >= 0.3 is 5.97 Å². The third-order valence-corrected chi connectivity index (χ3v) is 3.17. The summed E-state index contributed by atoms with van der Waals surface area (Å²) < 4.78 is 7.32. The molecule has 7 heteroatoms. The van der Waals surface area contributed by atoms with E-state index in [0.29, 0.717) is 17.2 Å². The monoisotopic (exact) mass is 303 g/mol. The molecule has 0 unspecified atom stereocenters. The number of ether oxygens (including phenoxy) is 1. The molecule has 0 atom stereocenters. The van der Waals surface area contributed by atoms with Crippen LogP contribution in [-0.4, -0.2) is 25.4 Å². The Hall–Kier alpha value is -2.60. The number of aromatic nitrogens is 3. The zero-order valence-electron chi connectivity index (χ0n) is 10.7. The molecule has 106 valence electrons. The normalized spacial score (nSPS) is 10.7. The zero-order valence-corrected chi connectivity index (χ0v) is 11.5. The Morgan fingerprint density at radius 1 is 1.43 bits per heavy atom. The minimum atomic E-state index is -1.10. The number of halogens is 1. The number of hydrogen-bond acceptors (Lipinski definition) is 4. The summed E-state index contributed by atoms with van der Waals surface area (Å²) in [6, 6.07) is 6.30. The molecule has 0 amide bonds. The molecule has 1 N–H and O–H groups in total. The molecule has 3 aromatic rings. The van der Waals surface area contributed by atoms with Crippen molar-refractivity contribution in [3.8, 4) is 5.75 Å². The van der Waals surface area contributed by atoms with E-state index < -0.39 is 5.97 Å². The molecule has 0 saturated carbocycles. The molecule has 0 aliphatic carbocycles. The molecule has 0 aliphatic heterocycles. The first-order valence-corrected chi connectivity index (χ1v) is 6.45. The van der Waals surface area contributed by atoms with Gasteiger partial charge in [0.2, 0.25) is 5.78 Å². The van der Waals surface area contributed by atoms with Gasteiger partial charge in [0.05, 0.1) is 16.3 Å². The van der Waals surface area contributed by atoms with Crippen LogP contribution in [0.3, 0.4) is 0 Å². The molecule has 21 heavy (non-hydrogen) atoms. The number of benzene rings is 1. The van der Waals surface area contributed by atoms with Crippen molar-refractivity contribution in [3.05, 3.63) is 59.1 Å². The van der Waals surface area contributed by atoms with Gasteiger partial charge in [-0.2, -0.15) is 0 Å². The van der Waals surface area contributed by atoms with Gasteiger partial charge in [-0.05, 0) is 24.3 Å². The van der Waals surface area contributed by atoms with E-state index in [0.717, 1.165) is 0 Å². The number of aromatic carboxylic acids is 1. The van der Waals surface area contributed by atoms with E-state index in [4.69, 9.17) is 21.4 Å². The summed E-state index contributed by atoms with van der Waals surface area (Å²) in [6.45, 7) is 0.212. The highest BCUT2D eigenvalue weighted by molar-refractivity contribution is 6.33. The molecule has 1 aromatic carbocycles. The molecule has 0 bridgehead atoms. The van der Waals surface area contributed by atoms with Gasteiger partial charge in [-0.1, -0.05) is 11.6 Å². The SMILES string of the molecule is O=C(O)c1cc(OCc2cn3cccnc3n2)ccc1Cl. The number of rotatable bonds is 4. The molecule has 0 radical (unpaired) electrons. The Morgan fingerprint density at radius 2 is 2.29 bits per heavy atom. The lowest BCUT2D eigenvalue weighted by atomic mass is 10.2. The van der Waals surface area contributed by atoms with Crippen molar-refractivity contribution >= 4 is 23.3 Å². The van der Waals surface area contributed by atoms with Crippen LogP contribution in [0.15, 0.2) is 42.9 Å². The Balaban J connectivity index is 1.78. The van der Waals surface area contributed by atoms with Crippen LogP contribution in [0.5, 0.6) is 5.75 Å². The van der Waals surface area contributed by atoms with Crippen LogP contribution in [0.4, 0.5) is 0 Å². The van der Waals surface area contributed by atoms with Gasteiger partial charge in [-0.3, -0.25) is 4.40 Å². The first-order valence-electron chi connectivity index (χ1n) is 6.08. The van der Waals surface area contributed by atoms with Crippen molar-refractivity contribution in [3.63, 3.8) is 0 Å². The summed E-state index contributed by atoms with van der Waals surface area (Å²) in [5, 5.41) is 9.18. The summed E-state index contributed by atoms with van der Waals surface area (Å²) in [5.41, 5.74) is 0.700. The molecule has 2 heterocycles. The average Bonchev–Trinajstić information content (AvgIpc) is 2.89. The molecule has 0 fully saturated rings. The average molecular weight is 304 g/mol. The van der Waals surface area contributed by atoms with Crippen LogP contribution < -0.4 is 4.74 Å². The molecule has 0 spiro atoms. The Kier molecular flexibility index (Phi) is 3.45. The lowest BCUT2D eigenvalue weighted by molar-refractivity contribution is 0.0696. The van der Waals surface area contributed by atoms with E-state index in [1.54, 1.807) is 28.9 Å². The van der Waals surface area contributed by atoms with Crippen LogP contribution in [0.2, 0.25) is 5.02 Å². The highest BCUT2D eigenvalue weighted by Gasteiger charge is 2.10. The largest absolute Gasteiger partial charge is 0.487 e. The van der Waals surface area contributed by atoms with Crippen molar-refractivity contribution in [2.24, 2.45) is 0 Å². The number of imidazole rings is 1. The molecule has 0 aliphatic rings. The van der Waals surface area contributed by atoms with Crippen LogP contribution >= 0.6 is 11.6 Å². The van der Waals surface area contributed by atoms with Crippen LogP contribution in [0.1, 0.15) is 16.1 Å². The van der Waals surface area contributed by atoms with E-state index in [2.05, 4.69) is 9.97 Å². The van der Waals surface area contributed by atoms with E-state index in [1.807, 2.05) is 6.20 Å². The summed E-state index contributed by atoms with van der Waals surface area (Å²) in [7, 11) is 0. The zero-order chi connectivity index (χ0) is 14.8. The Labute approximate surface area is 124 Å². The van der Waals surface area contributed by atoms with Gasteiger partial charge in [0.25, 0.3) is 0 Å². The summed E-state index contributed by atoms with van der Waals surface area (Å²) >= 11 is 5.80. The van der Waals surface area contributed by atoms with Crippen LogP contribution in [0, 0.1) is 0 Å². The fourth-order valence-electron chi connectivity index (χ4n) is 1.86. The molecule has 3 rings (SSSR count). The molecular weight excluding hydrogens is 294 g/mol. The minimum Gasteiger partial charge on any atom is -0.487 e. The first kappa shape index (κ1) is 13.4. The molecule has 0 saturated heterocycles. The van der Waals surface area contributed by atoms with Gasteiger partial charge in [-0.15, -0.1) is 0 Å². The number of carboxylic acid groups (broad SMARTS) is 1. The maximum Gasteiger partial charge on any atom is 0.337 e. The lowest BCUT2D eigenvalue weighted by Gasteiger charge is -2.06. The Bertz CT molecular complexity index is 783. The smallest absolute Gasteiger partial charge is 0.337 e. The summed E-state index contributed by atoms with van der Waals surface area (Å²) in [6.07, 6.45) is 5.30. The molecular formula is C14H10ClN3O3. The second-order valence-electron chi connectivity index (χ2n) is 4.29.